The van der Waals surface area contributed by atoms with Crippen molar-refractivity contribution in [3.05, 3.63) is 41.5 Å². The summed E-state index contributed by atoms with van der Waals surface area (Å²) in [7, 11) is 3.38. The Bertz CT molecular complexity index is 761. The molecule has 1 atom stereocenters. The second-order valence-electron chi connectivity index (χ2n) is 7.27. The van der Waals surface area contributed by atoms with Crippen LogP contribution < -0.4 is 5.32 Å². The SMILES string of the molecule is C[C@@H](OC(=O)c1ccccc1SCC(=O)N(C)C)C(=O)NCCC1=CCCCC1. The van der Waals surface area contributed by atoms with E-state index in [0.717, 1.165) is 19.3 Å². The third-order valence-electron chi connectivity index (χ3n) is 4.74. The highest BCUT2D eigenvalue weighted by Crippen LogP contribution is 2.24. The fourth-order valence-electron chi connectivity index (χ4n) is 2.93. The minimum absolute atomic E-state index is 0.0426. The number of carbonyl (C=O) groups excluding carboxylic acids is 3. The van der Waals surface area contributed by atoms with Crippen molar-refractivity contribution in [3.63, 3.8) is 0 Å². The van der Waals surface area contributed by atoms with E-state index in [1.807, 2.05) is 0 Å². The number of nitrogens with one attached hydrogen (secondary N) is 1. The molecule has 2 amide bonds. The Labute approximate surface area is 177 Å². The minimum Gasteiger partial charge on any atom is -0.449 e. The van der Waals surface area contributed by atoms with Gasteiger partial charge in [-0.2, -0.15) is 0 Å². The van der Waals surface area contributed by atoms with Gasteiger partial charge >= 0.3 is 5.97 Å². The van der Waals surface area contributed by atoms with Gasteiger partial charge in [0.15, 0.2) is 6.10 Å². The molecule has 0 saturated heterocycles. The number of ether oxygens (including phenoxy) is 1. The molecule has 1 aliphatic rings. The summed E-state index contributed by atoms with van der Waals surface area (Å²) in [5.41, 5.74) is 1.75. The molecule has 0 heterocycles. The second-order valence-corrected chi connectivity index (χ2v) is 8.29. The van der Waals surface area contributed by atoms with Gasteiger partial charge in [0, 0.05) is 25.5 Å². The minimum atomic E-state index is -0.885. The van der Waals surface area contributed by atoms with Crippen LogP contribution in [0.25, 0.3) is 0 Å². The largest absolute Gasteiger partial charge is 0.449 e. The lowest BCUT2D eigenvalue weighted by Gasteiger charge is -2.16. The fourth-order valence-corrected chi connectivity index (χ4v) is 3.95. The highest BCUT2D eigenvalue weighted by molar-refractivity contribution is 8.00. The number of hydrogen-bond acceptors (Lipinski definition) is 5. The van der Waals surface area contributed by atoms with Gasteiger partial charge in [-0.05, 0) is 51.2 Å². The van der Waals surface area contributed by atoms with Crippen molar-refractivity contribution >= 4 is 29.5 Å². The van der Waals surface area contributed by atoms with Gasteiger partial charge in [-0.15, -0.1) is 11.8 Å². The van der Waals surface area contributed by atoms with Crippen LogP contribution in [0.4, 0.5) is 0 Å². The maximum atomic E-state index is 12.6. The molecule has 1 N–H and O–H groups in total. The first-order valence-corrected chi connectivity index (χ1v) is 11.0. The van der Waals surface area contributed by atoms with Crippen LogP contribution in [0.15, 0.2) is 40.8 Å². The first kappa shape index (κ1) is 23.0. The normalized spacial score (nSPS) is 14.5. The summed E-state index contributed by atoms with van der Waals surface area (Å²) in [6, 6.07) is 6.95. The Morgan fingerprint density at radius 2 is 1.97 bits per heavy atom. The lowest BCUT2D eigenvalue weighted by molar-refractivity contribution is -0.129. The predicted molar refractivity (Wildman–Crippen MR) is 115 cm³/mol. The van der Waals surface area contributed by atoms with Gasteiger partial charge in [-0.25, -0.2) is 4.79 Å². The molecular formula is C22H30N2O4S. The first-order valence-electron chi connectivity index (χ1n) is 9.97. The van der Waals surface area contributed by atoms with E-state index >= 15 is 0 Å². The summed E-state index contributed by atoms with van der Waals surface area (Å²) in [5, 5.41) is 2.84. The third-order valence-corrected chi connectivity index (χ3v) is 5.80. The Balaban J connectivity index is 1.85. The number of carbonyl (C=O) groups is 3. The zero-order valence-electron chi connectivity index (χ0n) is 17.4. The van der Waals surface area contributed by atoms with E-state index in [0.29, 0.717) is 17.0 Å². The van der Waals surface area contributed by atoms with Crippen molar-refractivity contribution in [1.82, 2.24) is 10.2 Å². The lowest BCUT2D eigenvalue weighted by Crippen LogP contribution is -2.36. The topological polar surface area (TPSA) is 75.7 Å². The summed E-state index contributed by atoms with van der Waals surface area (Å²) in [6.45, 7) is 2.12. The first-order chi connectivity index (χ1) is 13.9. The van der Waals surface area contributed by atoms with Crippen LogP contribution in [0.2, 0.25) is 0 Å². The highest BCUT2D eigenvalue weighted by Gasteiger charge is 2.21. The molecule has 1 aliphatic carbocycles. The van der Waals surface area contributed by atoms with E-state index in [1.165, 1.54) is 35.1 Å². The van der Waals surface area contributed by atoms with Crippen molar-refractivity contribution in [3.8, 4) is 0 Å². The molecule has 1 aromatic carbocycles. The number of thioether (sulfide) groups is 1. The molecule has 0 fully saturated rings. The molecule has 158 valence electrons. The number of allylic oxidation sites excluding steroid dienone is 1. The maximum Gasteiger partial charge on any atom is 0.340 e. The molecule has 6 nitrogen and oxygen atoms in total. The predicted octanol–water partition coefficient (Wildman–Crippen LogP) is 3.42. The van der Waals surface area contributed by atoms with Gasteiger partial charge in [0.25, 0.3) is 5.91 Å². The smallest absolute Gasteiger partial charge is 0.340 e. The van der Waals surface area contributed by atoms with Gasteiger partial charge in [0.2, 0.25) is 5.91 Å². The summed E-state index contributed by atoms with van der Waals surface area (Å²) < 4.78 is 5.36. The van der Waals surface area contributed by atoms with E-state index in [4.69, 9.17) is 4.74 Å². The molecule has 0 aromatic heterocycles. The van der Waals surface area contributed by atoms with E-state index in [2.05, 4.69) is 11.4 Å². The number of hydrogen-bond donors (Lipinski definition) is 1. The fraction of sp³-hybridized carbons (Fsp3) is 0.500. The average molecular weight is 419 g/mol. The summed E-state index contributed by atoms with van der Waals surface area (Å²) in [6.07, 6.45) is 6.89. The Morgan fingerprint density at radius 1 is 1.21 bits per heavy atom. The van der Waals surface area contributed by atoms with E-state index in [1.54, 1.807) is 45.3 Å². The Kier molecular flexibility index (Phi) is 9.25. The molecule has 0 radical (unpaired) electrons. The zero-order chi connectivity index (χ0) is 21.2. The van der Waals surface area contributed by atoms with Crippen LogP contribution in [0.3, 0.4) is 0 Å². The van der Waals surface area contributed by atoms with Crippen LogP contribution >= 0.6 is 11.8 Å². The monoisotopic (exact) mass is 418 g/mol. The van der Waals surface area contributed by atoms with Crippen LogP contribution in [0, 0.1) is 0 Å². The maximum absolute atomic E-state index is 12.6. The van der Waals surface area contributed by atoms with Crippen LogP contribution in [-0.4, -0.2) is 55.2 Å². The van der Waals surface area contributed by atoms with Crippen LogP contribution in [-0.2, 0) is 14.3 Å². The highest BCUT2D eigenvalue weighted by atomic mass is 32.2. The van der Waals surface area contributed by atoms with Gasteiger partial charge in [0.05, 0.1) is 11.3 Å². The molecule has 0 bridgehead atoms. The Morgan fingerprint density at radius 3 is 2.66 bits per heavy atom. The summed E-state index contributed by atoms with van der Waals surface area (Å²) >= 11 is 1.28. The van der Waals surface area contributed by atoms with Crippen molar-refractivity contribution in [1.29, 1.82) is 0 Å². The molecule has 1 aromatic rings. The molecule has 2 rings (SSSR count). The average Bonchev–Trinajstić information content (AvgIpc) is 2.72. The number of benzene rings is 1. The van der Waals surface area contributed by atoms with Crippen molar-refractivity contribution in [2.24, 2.45) is 0 Å². The summed E-state index contributed by atoms with van der Waals surface area (Å²) in [5.74, 6) is -0.687. The number of nitrogens with zero attached hydrogens (tertiary/aromatic N) is 1. The number of rotatable bonds is 9. The number of esters is 1. The molecule has 29 heavy (non-hydrogen) atoms. The lowest BCUT2D eigenvalue weighted by atomic mass is 9.97. The zero-order valence-corrected chi connectivity index (χ0v) is 18.2. The van der Waals surface area contributed by atoms with Crippen molar-refractivity contribution in [2.75, 3.05) is 26.4 Å². The molecular weight excluding hydrogens is 388 g/mol. The van der Waals surface area contributed by atoms with Crippen LogP contribution in [0.1, 0.15) is 49.4 Å². The molecule has 0 spiro atoms. The van der Waals surface area contributed by atoms with Gasteiger partial charge in [-0.1, -0.05) is 23.8 Å². The summed E-state index contributed by atoms with van der Waals surface area (Å²) in [4.78, 5) is 38.8. The quantitative estimate of drug-likeness (QED) is 0.378. The van der Waals surface area contributed by atoms with E-state index < -0.39 is 12.1 Å². The number of amides is 2. The molecule has 0 aliphatic heterocycles. The standard InChI is InChI=1S/C22H30N2O4S/c1-16(21(26)23-14-13-17-9-5-4-6-10-17)28-22(27)18-11-7-8-12-19(18)29-15-20(25)24(2)3/h7-9,11-12,16H,4-6,10,13-15H2,1-3H3,(H,23,26)/t16-/m1/s1. The van der Waals surface area contributed by atoms with Gasteiger partial charge < -0.3 is 15.0 Å². The molecule has 0 saturated carbocycles. The molecule has 7 heteroatoms. The molecule has 0 unspecified atom stereocenters. The van der Waals surface area contributed by atoms with Crippen molar-refractivity contribution in [2.45, 2.75) is 50.0 Å². The van der Waals surface area contributed by atoms with Gasteiger partial charge in [0.1, 0.15) is 0 Å². The van der Waals surface area contributed by atoms with Gasteiger partial charge in [-0.3, -0.25) is 9.59 Å². The van der Waals surface area contributed by atoms with Crippen LogP contribution in [0.5, 0.6) is 0 Å². The second kappa shape index (κ2) is 11.7. The third kappa shape index (κ3) is 7.57. The Hall–Kier alpha value is -2.28. The van der Waals surface area contributed by atoms with E-state index in [-0.39, 0.29) is 17.6 Å². The van der Waals surface area contributed by atoms with E-state index in [9.17, 15) is 14.4 Å². The van der Waals surface area contributed by atoms with Crippen molar-refractivity contribution < 1.29 is 19.1 Å².